The molecule has 0 saturated carbocycles. The highest BCUT2D eigenvalue weighted by Crippen LogP contribution is 2.24. The molecule has 3 rings (SSSR count). The number of carbonyl (C=O) groups excluding carboxylic acids is 2. The summed E-state index contributed by atoms with van der Waals surface area (Å²) in [7, 11) is 0. The highest BCUT2D eigenvalue weighted by molar-refractivity contribution is 6.00. The minimum atomic E-state index is -0.361. The second-order valence-corrected chi connectivity index (χ2v) is 6.51. The third-order valence-corrected chi connectivity index (χ3v) is 4.66. The van der Waals surface area contributed by atoms with Gasteiger partial charge >= 0.3 is 0 Å². The van der Waals surface area contributed by atoms with E-state index in [1.54, 1.807) is 23.1 Å². The first-order valence-electron chi connectivity index (χ1n) is 8.94. The van der Waals surface area contributed by atoms with Gasteiger partial charge in [-0.15, -0.1) is 0 Å². The summed E-state index contributed by atoms with van der Waals surface area (Å²) >= 11 is 0. The second kappa shape index (κ2) is 8.53. The van der Waals surface area contributed by atoms with E-state index in [9.17, 15) is 14.0 Å². The highest BCUT2D eigenvalue weighted by Gasteiger charge is 2.24. The number of anilines is 1. The number of rotatable bonds is 5. The number of ether oxygens (including phenoxy) is 1. The summed E-state index contributed by atoms with van der Waals surface area (Å²) in [6.45, 7) is 3.46. The predicted molar refractivity (Wildman–Crippen MR) is 102 cm³/mol. The number of ketones is 1. The van der Waals surface area contributed by atoms with Crippen LogP contribution in [0.4, 0.5) is 10.1 Å². The van der Waals surface area contributed by atoms with Gasteiger partial charge in [-0.25, -0.2) is 4.39 Å². The Morgan fingerprint density at radius 3 is 2.39 bits per heavy atom. The molecule has 0 aromatic heterocycles. The van der Waals surface area contributed by atoms with E-state index in [1.165, 1.54) is 31.2 Å². The zero-order chi connectivity index (χ0) is 20.1. The molecule has 6 nitrogen and oxygen atoms in total. The van der Waals surface area contributed by atoms with E-state index < -0.39 is 0 Å². The van der Waals surface area contributed by atoms with Crippen LogP contribution in [0.25, 0.3) is 0 Å². The van der Waals surface area contributed by atoms with Gasteiger partial charge in [0, 0.05) is 37.4 Å². The van der Waals surface area contributed by atoms with Crippen LogP contribution in [0.2, 0.25) is 0 Å². The van der Waals surface area contributed by atoms with Crippen LogP contribution < -0.4 is 9.64 Å². The maximum atomic E-state index is 12.9. The van der Waals surface area contributed by atoms with Crippen LogP contribution in [-0.2, 0) is 4.79 Å². The van der Waals surface area contributed by atoms with Crippen LogP contribution in [0.1, 0.15) is 22.8 Å². The van der Waals surface area contributed by atoms with E-state index in [4.69, 9.17) is 10.00 Å². The van der Waals surface area contributed by atoms with Crippen LogP contribution in [0.5, 0.6) is 5.75 Å². The summed E-state index contributed by atoms with van der Waals surface area (Å²) in [5.74, 6) is -0.139. The molecule has 0 atom stereocenters. The van der Waals surface area contributed by atoms with Gasteiger partial charge in [-0.3, -0.25) is 9.59 Å². The quantitative estimate of drug-likeness (QED) is 0.745. The van der Waals surface area contributed by atoms with Gasteiger partial charge in [0.15, 0.2) is 12.4 Å². The summed E-state index contributed by atoms with van der Waals surface area (Å²) in [4.78, 5) is 28.0. The van der Waals surface area contributed by atoms with Crippen LogP contribution in [-0.4, -0.2) is 49.4 Å². The highest BCUT2D eigenvalue weighted by atomic mass is 19.1. The smallest absolute Gasteiger partial charge is 0.260 e. The van der Waals surface area contributed by atoms with Crippen LogP contribution in [0.15, 0.2) is 42.5 Å². The molecule has 0 bridgehead atoms. The zero-order valence-electron chi connectivity index (χ0n) is 15.5. The number of nitriles is 1. The van der Waals surface area contributed by atoms with E-state index in [0.717, 1.165) is 5.69 Å². The van der Waals surface area contributed by atoms with Crippen molar-refractivity contribution in [2.24, 2.45) is 0 Å². The lowest BCUT2D eigenvalue weighted by atomic mass is 10.0. The number of hydrogen-bond donors (Lipinski definition) is 0. The van der Waals surface area contributed by atoms with Gasteiger partial charge in [-0.05, 0) is 49.4 Å². The molecule has 0 unspecified atom stereocenters. The predicted octanol–water partition coefficient (Wildman–Crippen LogP) is 2.63. The number of piperazine rings is 1. The number of hydrogen-bond acceptors (Lipinski definition) is 5. The van der Waals surface area contributed by atoms with Crippen LogP contribution in [0, 0.1) is 17.1 Å². The number of halogens is 1. The fraction of sp³-hybridized carbons (Fsp3) is 0.286. The summed E-state index contributed by atoms with van der Waals surface area (Å²) in [5.41, 5.74) is 1.78. The Morgan fingerprint density at radius 1 is 1.11 bits per heavy atom. The van der Waals surface area contributed by atoms with E-state index >= 15 is 0 Å². The van der Waals surface area contributed by atoms with E-state index in [0.29, 0.717) is 43.1 Å². The molecule has 144 valence electrons. The lowest BCUT2D eigenvalue weighted by Crippen LogP contribution is -2.50. The van der Waals surface area contributed by atoms with Gasteiger partial charge in [-0.2, -0.15) is 5.26 Å². The lowest BCUT2D eigenvalue weighted by Gasteiger charge is -2.36. The molecule has 2 aromatic carbocycles. The summed E-state index contributed by atoms with van der Waals surface area (Å²) in [6, 6.07) is 12.6. The summed E-state index contributed by atoms with van der Waals surface area (Å²) in [6.07, 6.45) is 0. The maximum Gasteiger partial charge on any atom is 0.260 e. The molecule has 1 fully saturated rings. The van der Waals surface area contributed by atoms with Gasteiger partial charge < -0.3 is 14.5 Å². The van der Waals surface area contributed by atoms with E-state index in [-0.39, 0.29) is 24.1 Å². The molecule has 1 saturated heterocycles. The Balaban J connectivity index is 1.60. The van der Waals surface area contributed by atoms with Crippen molar-refractivity contribution >= 4 is 17.4 Å². The van der Waals surface area contributed by atoms with Crippen LogP contribution in [0.3, 0.4) is 0 Å². The monoisotopic (exact) mass is 381 g/mol. The first-order chi connectivity index (χ1) is 13.5. The van der Waals surface area contributed by atoms with Crippen molar-refractivity contribution < 1.29 is 18.7 Å². The van der Waals surface area contributed by atoms with Crippen molar-refractivity contribution in [2.45, 2.75) is 6.92 Å². The number of Topliss-reactive ketones (excluding diaryl/α,β-unsaturated/α-hetero) is 1. The molecule has 1 aliphatic rings. The summed E-state index contributed by atoms with van der Waals surface area (Å²) < 4.78 is 18.3. The normalized spacial score (nSPS) is 13.8. The van der Waals surface area contributed by atoms with Crippen molar-refractivity contribution in [2.75, 3.05) is 37.7 Å². The molecule has 0 spiro atoms. The van der Waals surface area contributed by atoms with Gasteiger partial charge in [0.25, 0.3) is 5.91 Å². The molecule has 7 heteroatoms. The Hall–Kier alpha value is -3.40. The molecular weight excluding hydrogens is 361 g/mol. The molecule has 0 aliphatic carbocycles. The Labute approximate surface area is 162 Å². The van der Waals surface area contributed by atoms with Crippen molar-refractivity contribution in [3.8, 4) is 11.8 Å². The van der Waals surface area contributed by atoms with E-state index in [1.807, 2.05) is 4.90 Å². The minimum absolute atomic E-state index is 0.0642. The average Bonchev–Trinajstić information content (AvgIpc) is 2.72. The SMILES string of the molecule is CC(=O)c1ccc(C#N)cc1N1CCN(C(=O)COc2ccc(F)cc2)CC1. The largest absolute Gasteiger partial charge is 0.484 e. The molecule has 1 heterocycles. The van der Waals surface area contributed by atoms with E-state index in [2.05, 4.69) is 6.07 Å². The number of nitrogens with zero attached hydrogens (tertiary/aromatic N) is 3. The Bertz CT molecular complexity index is 913. The summed E-state index contributed by atoms with van der Waals surface area (Å²) in [5, 5.41) is 9.13. The molecule has 0 N–H and O–H groups in total. The first kappa shape index (κ1) is 19.4. The maximum absolute atomic E-state index is 12.9. The average molecular weight is 381 g/mol. The Morgan fingerprint density at radius 2 is 1.79 bits per heavy atom. The van der Waals surface area contributed by atoms with Gasteiger partial charge in [0.05, 0.1) is 11.6 Å². The fourth-order valence-electron chi connectivity index (χ4n) is 3.12. The third-order valence-electron chi connectivity index (χ3n) is 4.66. The van der Waals surface area contributed by atoms with Crippen molar-refractivity contribution in [3.05, 3.63) is 59.4 Å². The van der Waals surface area contributed by atoms with Gasteiger partial charge in [-0.1, -0.05) is 0 Å². The zero-order valence-corrected chi connectivity index (χ0v) is 15.5. The lowest BCUT2D eigenvalue weighted by molar-refractivity contribution is -0.133. The number of carbonyl (C=O) groups is 2. The van der Waals surface area contributed by atoms with Crippen molar-refractivity contribution in [1.29, 1.82) is 5.26 Å². The Kier molecular flexibility index (Phi) is 5.90. The van der Waals surface area contributed by atoms with Crippen molar-refractivity contribution in [1.82, 2.24) is 4.90 Å². The minimum Gasteiger partial charge on any atom is -0.484 e. The molecular formula is C21H20FN3O3. The van der Waals surface area contributed by atoms with Crippen molar-refractivity contribution in [3.63, 3.8) is 0 Å². The first-order valence-corrected chi connectivity index (χ1v) is 8.94. The molecule has 0 radical (unpaired) electrons. The molecule has 2 aromatic rings. The fourth-order valence-corrected chi connectivity index (χ4v) is 3.12. The number of benzene rings is 2. The number of amides is 1. The standard InChI is InChI=1S/C21H20FN3O3/c1-15(26)19-7-2-16(13-23)12-20(19)24-8-10-25(11-9-24)21(27)14-28-18-5-3-17(22)4-6-18/h2-7,12H,8-11,14H2,1H3. The molecule has 1 amide bonds. The third kappa shape index (κ3) is 4.46. The topological polar surface area (TPSA) is 73.6 Å². The molecule has 28 heavy (non-hydrogen) atoms. The molecule has 1 aliphatic heterocycles. The van der Waals surface area contributed by atoms with Gasteiger partial charge in [0.2, 0.25) is 0 Å². The van der Waals surface area contributed by atoms with Crippen LogP contribution >= 0.6 is 0 Å². The second-order valence-electron chi connectivity index (χ2n) is 6.51. The van der Waals surface area contributed by atoms with Gasteiger partial charge in [0.1, 0.15) is 11.6 Å².